The van der Waals surface area contributed by atoms with E-state index in [1.165, 1.54) is 4.31 Å². The van der Waals surface area contributed by atoms with Crippen LogP contribution in [0.15, 0.2) is 36.4 Å². The SMILES string of the molecule is CCC(C(=O)NC(C)c1cc(C(C)C)c(OC)cc1C)N(c1ccc(C)cc1)S(C)(=O)=O. The molecule has 0 heterocycles. The average Bonchev–Trinajstić information content (AvgIpc) is 2.71. The molecule has 0 spiro atoms. The van der Waals surface area contributed by atoms with E-state index in [2.05, 4.69) is 25.2 Å². The molecule has 0 aliphatic rings. The minimum absolute atomic E-state index is 0.262. The quantitative estimate of drug-likeness (QED) is 0.580. The fourth-order valence-electron chi connectivity index (χ4n) is 3.95. The van der Waals surface area contributed by atoms with Gasteiger partial charge in [-0.05, 0) is 74.1 Å². The molecule has 2 aromatic rings. The molecule has 2 unspecified atom stereocenters. The molecule has 0 saturated heterocycles. The van der Waals surface area contributed by atoms with Crippen LogP contribution in [-0.2, 0) is 14.8 Å². The lowest BCUT2D eigenvalue weighted by atomic mass is 9.93. The molecule has 2 atom stereocenters. The Morgan fingerprint density at radius 2 is 1.66 bits per heavy atom. The summed E-state index contributed by atoms with van der Waals surface area (Å²) in [5.74, 6) is 0.763. The molecule has 0 aliphatic carbocycles. The number of carbonyl (C=O) groups excluding carboxylic acids is 1. The second-order valence-electron chi connectivity index (χ2n) is 8.65. The number of methoxy groups -OCH3 is 1. The van der Waals surface area contributed by atoms with Crippen molar-refractivity contribution in [3.05, 3.63) is 58.7 Å². The van der Waals surface area contributed by atoms with Gasteiger partial charge in [-0.3, -0.25) is 9.10 Å². The fraction of sp³-hybridized carbons (Fsp3) is 0.480. The zero-order valence-electron chi connectivity index (χ0n) is 20.4. The van der Waals surface area contributed by atoms with Crippen LogP contribution in [0.25, 0.3) is 0 Å². The van der Waals surface area contributed by atoms with Gasteiger partial charge in [-0.2, -0.15) is 0 Å². The van der Waals surface area contributed by atoms with Gasteiger partial charge in [0.05, 0.1) is 25.1 Å². The number of carbonyl (C=O) groups is 1. The summed E-state index contributed by atoms with van der Waals surface area (Å²) in [6.45, 7) is 11.8. The van der Waals surface area contributed by atoms with Crippen LogP contribution in [0.4, 0.5) is 5.69 Å². The van der Waals surface area contributed by atoms with Crippen molar-refractivity contribution < 1.29 is 17.9 Å². The number of nitrogens with one attached hydrogen (secondary N) is 1. The summed E-state index contributed by atoms with van der Waals surface area (Å²) in [5, 5.41) is 3.04. The van der Waals surface area contributed by atoms with Crippen LogP contribution in [0.2, 0.25) is 0 Å². The van der Waals surface area contributed by atoms with Crippen molar-refractivity contribution in [2.75, 3.05) is 17.7 Å². The normalized spacial score (nSPS) is 13.5. The molecule has 32 heavy (non-hydrogen) atoms. The van der Waals surface area contributed by atoms with Crippen molar-refractivity contribution in [1.82, 2.24) is 5.32 Å². The van der Waals surface area contributed by atoms with Crippen molar-refractivity contribution in [2.24, 2.45) is 0 Å². The minimum atomic E-state index is -3.67. The smallest absolute Gasteiger partial charge is 0.244 e. The van der Waals surface area contributed by atoms with Crippen molar-refractivity contribution in [3.8, 4) is 5.75 Å². The first-order valence-corrected chi connectivity index (χ1v) is 12.8. The van der Waals surface area contributed by atoms with Crippen LogP contribution < -0.4 is 14.4 Å². The number of amides is 1. The van der Waals surface area contributed by atoms with Gasteiger partial charge in [0.15, 0.2) is 0 Å². The van der Waals surface area contributed by atoms with Gasteiger partial charge in [-0.15, -0.1) is 0 Å². The topological polar surface area (TPSA) is 75.7 Å². The number of ether oxygens (including phenoxy) is 1. The van der Waals surface area contributed by atoms with E-state index in [4.69, 9.17) is 4.74 Å². The molecule has 176 valence electrons. The maximum absolute atomic E-state index is 13.3. The average molecular weight is 461 g/mol. The van der Waals surface area contributed by atoms with Gasteiger partial charge in [0.1, 0.15) is 11.8 Å². The molecule has 1 N–H and O–H groups in total. The lowest BCUT2D eigenvalue weighted by Gasteiger charge is -2.31. The van der Waals surface area contributed by atoms with Crippen LogP contribution in [0, 0.1) is 13.8 Å². The highest BCUT2D eigenvalue weighted by Gasteiger charge is 2.32. The Bertz CT molecular complexity index is 1050. The molecule has 0 radical (unpaired) electrons. The van der Waals surface area contributed by atoms with E-state index in [1.807, 2.05) is 45.9 Å². The van der Waals surface area contributed by atoms with Crippen molar-refractivity contribution in [2.45, 2.75) is 66.0 Å². The maximum Gasteiger partial charge on any atom is 0.244 e. The number of anilines is 1. The Labute approximate surface area is 193 Å². The first-order valence-electron chi connectivity index (χ1n) is 11.0. The zero-order valence-corrected chi connectivity index (χ0v) is 21.2. The van der Waals surface area contributed by atoms with Gasteiger partial charge in [0, 0.05) is 0 Å². The van der Waals surface area contributed by atoms with Crippen LogP contribution >= 0.6 is 0 Å². The molecule has 0 bridgehead atoms. The summed E-state index contributed by atoms with van der Waals surface area (Å²) in [6, 6.07) is 10.1. The summed E-state index contributed by atoms with van der Waals surface area (Å²) in [6.07, 6.45) is 1.48. The molecule has 0 saturated carbocycles. The highest BCUT2D eigenvalue weighted by molar-refractivity contribution is 7.92. The first-order chi connectivity index (χ1) is 14.9. The molecule has 0 aromatic heterocycles. The molecule has 2 rings (SSSR count). The highest BCUT2D eigenvalue weighted by Crippen LogP contribution is 2.32. The fourth-order valence-corrected chi connectivity index (χ4v) is 5.16. The molecule has 7 heteroatoms. The first kappa shape index (κ1) is 25.7. The monoisotopic (exact) mass is 460 g/mol. The van der Waals surface area contributed by atoms with Gasteiger partial charge in [-0.25, -0.2) is 8.42 Å². The largest absolute Gasteiger partial charge is 0.496 e. The molecule has 2 aromatic carbocycles. The van der Waals surface area contributed by atoms with E-state index in [0.717, 1.165) is 34.3 Å². The lowest BCUT2D eigenvalue weighted by molar-refractivity contribution is -0.122. The predicted molar refractivity (Wildman–Crippen MR) is 131 cm³/mol. The number of sulfonamides is 1. The molecular weight excluding hydrogens is 424 g/mol. The van der Waals surface area contributed by atoms with E-state index in [9.17, 15) is 13.2 Å². The van der Waals surface area contributed by atoms with Gasteiger partial charge < -0.3 is 10.1 Å². The number of hydrogen-bond acceptors (Lipinski definition) is 4. The molecular formula is C25H36N2O4S. The standard InChI is InChI=1S/C25H36N2O4S/c1-9-23(27(32(8,29)30)20-12-10-17(4)11-13-20)25(28)26-19(6)22-15-21(16(2)3)24(31-7)14-18(22)5/h10-16,19,23H,9H2,1-8H3,(H,26,28). The summed E-state index contributed by atoms with van der Waals surface area (Å²) in [5.41, 5.74) is 4.56. The molecule has 6 nitrogen and oxygen atoms in total. The number of aryl methyl sites for hydroxylation is 2. The second-order valence-corrected chi connectivity index (χ2v) is 10.5. The van der Waals surface area contributed by atoms with Gasteiger partial charge in [0.2, 0.25) is 15.9 Å². The summed E-state index contributed by atoms with van der Waals surface area (Å²) in [4.78, 5) is 13.3. The van der Waals surface area contributed by atoms with Crippen LogP contribution in [-0.4, -0.2) is 33.7 Å². The number of hydrogen-bond donors (Lipinski definition) is 1. The molecule has 0 aliphatic heterocycles. The van der Waals surface area contributed by atoms with E-state index in [1.54, 1.807) is 19.2 Å². The Kier molecular flexibility index (Phi) is 8.35. The van der Waals surface area contributed by atoms with E-state index < -0.39 is 16.1 Å². The summed E-state index contributed by atoms with van der Waals surface area (Å²) in [7, 11) is -2.01. The zero-order chi connectivity index (χ0) is 24.2. The number of benzene rings is 2. The van der Waals surface area contributed by atoms with Gasteiger partial charge >= 0.3 is 0 Å². The van der Waals surface area contributed by atoms with Crippen LogP contribution in [0.1, 0.15) is 68.3 Å². The maximum atomic E-state index is 13.3. The Morgan fingerprint density at radius 3 is 2.12 bits per heavy atom. The van der Waals surface area contributed by atoms with E-state index >= 15 is 0 Å². The molecule has 0 fully saturated rings. The molecule has 1 amide bonds. The third-order valence-corrected chi connectivity index (χ3v) is 6.86. The summed E-state index contributed by atoms with van der Waals surface area (Å²) >= 11 is 0. The van der Waals surface area contributed by atoms with Crippen molar-refractivity contribution in [1.29, 1.82) is 0 Å². The van der Waals surface area contributed by atoms with Crippen LogP contribution in [0.5, 0.6) is 5.75 Å². The van der Waals surface area contributed by atoms with E-state index in [-0.39, 0.29) is 17.9 Å². The van der Waals surface area contributed by atoms with Crippen molar-refractivity contribution >= 4 is 21.6 Å². The van der Waals surface area contributed by atoms with Crippen molar-refractivity contribution in [3.63, 3.8) is 0 Å². The predicted octanol–water partition coefficient (Wildman–Crippen LogP) is 4.86. The Morgan fingerprint density at radius 1 is 1.06 bits per heavy atom. The van der Waals surface area contributed by atoms with Gasteiger partial charge in [-0.1, -0.05) is 38.5 Å². The second kappa shape index (κ2) is 10.4. The number of rotatable bonds is 9. The highest BCUT2D eigenvalue weighted by atomic mass is 32.2. The van der Waals surface area contributed by atoms with Gasteiger partial charge in [0.25, 0.3) is 0 Å². The summed E-state index contributed by atoms with van der Waals surface area (Å²) < 4.78 is 32.0. The third-order valence-electron chi connectivity index (χ3n) is 5.68. The minimum Gasteiger partial charge on any atom is -0.496 e. The Hall–Kier alpha value is -2.54. The Balaban J connectivity index is 2.38. The lowest BCUT2D eigenvalue weighted by Crippen LogP contribution is -2.49. The number of nitrogens with zero attached hydrogens (tertiary/aromatic N) is 1. The van der Waals surface area contributed by atoms with Crippen LogP contribution in [0.3, 0.4) is 0 Å². The third kappa shape index (κ3) is 5.82. The van der Waals surface area contributed by atoms with E-state index in [0.29, 0.717) is 12.1 Å².